The van der Waals surface area contributed by atoms with E-state index in [0.717, 1.165) is 123 Å². The number of aldehydes is 1. The minimum atomic E-state index is -1.08. The number of aliphatic hydroxyl groups is 3. The summed E-state index contributed by atoms with van der Waals surface area (Å²) in [5.74, 6) is 3.35. The Balaban J connectivity index is 0.000000238. The summed E-state index contributed by atoms with van der Waals surface area (Å²) in [6.07, 6.45) is 8.54. The predicted octanol–water partition coefficient (Wildman–Crippen LogP) is 14.5. The number of carboxylic acid groups (broad SMARTS) is 1. The van der Waals surface area contributed by atoms with Crippen molar-refractivity contribution in [1.29, 1.82) is 0 Å². The normalized spacial score (nSPS) is 18.7. The molecule has 4 fully saturated rings. The van der Waals surface area contributed by atoms with Crippen LogP contribution >= 0.6 is 34.8 Å². The van der Waals surface area contributed by atoms with Gasteiger partial charge in [-0.25, -0.2) is 19.4 Å². The first-order valence-electron chi connectivity index (χ1n) is 38.3. The standard InChI is InChI=1S/C32H32ClNO3.C25H26ClNO3.C18H20ClNO3.C7H6O.C4H6O4.C4H8O.C2H4O2.B.Na/c33-26-18-20-27(21-19-26)36-29-15-7-8-16-30(29)37-31-17-9-14-28(32(31)35)34(22-24-10-3-1-4-11-24)23-25-12-5-2-6-13-25;26-19-13-15-20(16-14-19)29-22-10-4-5-11-23(22)30-24-12-6-9-21(25(24)28)27-17-18-7-2-1-3-8-18;19-12-8-10-13(11-9-12)22-15-5-1-2-6-16(15)23-17-7-3-4-14(20)18(17)21;8-6-7-4-2-1-3-5-7;1-3(5)7-8-4(2)6;1-2-4-5-3-1;1-2(3)4;;/h1-8,10-13,15-16,18-21,28,31-32,35H,9,14,17,22-23H2;1-5,7-8,10-11,13-16,21,24-25,27-28H,6,9,12,17H2;1-2,5-6,8-11,14,17-18,21H,3-4,7,20H2;1-6H;1-2H3;1-4H2;1H3,(H,3,4);;/q;;;;;;;;+1/p-1/t28-,31-,32-;21-,24-,25-;14-,17-,18-;;;;;;/m111....../s1. The Hall–Kier alpha value is -9.27. The largest absolute Gasteiger partial charge is 1.00 e. The molecule has 0 amide bonds. The van der Waals surface area contributed by atoms with Gasteiger partial charge in [0.25, 0.3) is 0 Å². The van der Waals surface area contributed by atoms with Crippen molar-refractivity contribution >= 4 is 67.4 Å². The van der Waals surface area contributed by atoms with Crippen molar-refractivity contribution in [3.63, 3.8) is 0 Å². The van der Waals surface area contributed by atoms with Crippen molar-refractivity contribution in [3.05, 3.63) is 304 Å². The molecule has 0 unspecified atom stereocenters. The molecule has 0 bridgehead atoms. The maximum absolute atomic E-state index is 11.6. The van der Waals surface area contributed by atoms with Gasteiger partial charge in [0.05, 0.1) is 0 Å². The Morgan fingerprint density at radius 2 is 0.769 bits per heavy atom. The van der Waals surface area contributed by atoms with E-state index in [1.165, 1.54) is 29.5 Å². The summed E-state index contributed by atoms with van der Waals surface area (Å²) < 4.78 is 41.6. The Morgan fingerprint density at radius 3 is 1.12 bits per heavy atom. The first-order chi connectivity index (χ1) is 55.8. The van der Waals surface area contributed by atoms with Crippen LogP contribution in [-0.4, -0.2) is 121 Å². The molecule has 0 aromatic heterocycles. The molecule has 0 spiro atoms. The van der Waals surface area contributed by atoms with Crippen LogP contribution < -0.4 is 74.1 Å². The van der Waals surface area contributed by atoms with E-state index >= 15 is 0 Å². The maximum Gasteiger partial charge on any atom is 1.00 e. The molecule has 117 heavy (non-hydrogen) atoms. The molecule has 1 saturated heterocycles. The smallest absolute Gasteiger partial charge is 0.550 e. The van der Waals surface area contributed by atoms with Crippen molar-refractivity contribution in [1.82, 2.24) is 10.2 Å². The van der Waals surface area contributed by atoms with Crippen LogP contribution in [0.4, 0.5) is 0 Å². The van der Waals surface area contributed by atoms with Crippen LogP contribution in [0.25, 0.3) is 0 Å². The van der Waals surface area contributed by atoms with E-state index < -0.39 is 36.2 Å². The zero-order valence-corrected chi connectivity index (χ0v) is 70.6. The molecule has 3 aliphatic carbocycles. The molecule has 20 nitrogen and oxygen atoms in total. The van der Waals surface area contributed by atoms with E-state index in [-0.39, 0.29) is 74.4 Å². The number of carbonyl (C=O) groups excluding carboxylic acids is 4. The average molecular weight is 1660 g/mol. The van der Waals surface area contributed by atoms with Crippen molar-refractivity contribution < 1.29 is 112 Å². The number of aliphatic carboxylic acids is 1. The number of nitrogens with zero attached hydrogens (tertiary/aromatic N) is 1. The second-order valence-electron chi connectivity index (χ2n) is 27.3. The number of benzene rings is 10. The molecule has 611 valence electrons. The van der Waals surface area contributed by atoms with Crippen LogP contribution in [0.2, 0.25) is 15.1 Å². The number of carbonyl (C=O) groups is 4. The number of carboxylic acids is 1. The monoisotopic (exact) mass is 1660 g/mol. The third kappa shape index (κ3) is 35.8. The fraction of sp³-hybridized carbons (Fsp3) is 0.304. The number of ether oxygens (including phenoxy) is 7. The summed E-state index contributed by atoms with van der Waals surface area (Å²) >= 11 is 17.9. The quantitative estimate of drug-likeness (QED) is 0.0193. The second-order valence-corrected chi connectivity index (χ2v) is 28.6. The van der Waals surface area contributed by atoms with Crippen molar-refractivity contribution in [2.45, 2.75) is 166 Å². The Kier molecular flexibility index (Phi) is 44.5. The number of para-hydroxylation sites is 6. The minimum absolute atomic E-state index is 0. The summed E-state index contributed by atoms with van der Waals surface area (Å²) in [4.78, 5) is 48.6. The summed E-state index contributed by atoms with van der Waals surface area (Å²) in [5.41, 5.74) is 10.3. The van der Waals surface area contributed by atoms with Crippen LogP contribution in [0.3, 0.4) is 0 Å². The third-order valence-electron chi connectivity index (χ3n) is 18.3. The summed E-state index contributed by atoms with van der Waals surface area (Å²) in [6, 6.07) is 84.1. The average Bonchev–Trinajstić information content (AvgIpc) is 0.922. The molecule has 4 aliphatic rings. The van der Waals surface area contributed by atoms with Gasteiger partial charge in [-0.15, -0.1) is 0 Å². The SMILES string of the molecule is C1CCOC1.CC(=O)OOC(C)=O.CC(=O)[O-].N[C@@H]1CCC[C@@H](Oc2ccccc2Oc2ccc(Cl)cc2)[C@@H]1O.O=Cc1ccccc1.O[C@@H]1[C@H](N(Cc2ccccc2)Cc2ccccc2)CCC[C@H]1Oc1ccccc1Oc1ccc(Cl)cc1.O[C@@H]1[C@H](NCc2ccccc2)CCC[C@H]1Oc1ccccc1Oc1ccc(Cl)cc1.[B].[Na+]. The molecular formula is C92H101BCl3N3NaO17. The van der Waals surface area contributed by atoms with Gasteiger partial charge in [0, 0.05) is 99.8 Å². The number of nitrogens with two attached hydrogens (primary N) is 1. The van der Waals surface area contributed by atoms with Gasteiger partial charge in [0.1, 0.15) is 60.2 Å². The summed E-state index contributed by atoms with van der Waals surface area (Å²) in [7, 11) is 0. The molecule has 1 aliphatic heterocycles. The maximum atomic E-state index is 11.6. The zero-order chi connectivity index (χ0) is 81.9. The van der Waals surface area contributed by atoms with E-state index in [0.29, 0.717) is 66.8 Å². The number of hydrogen-bond acceptors (Lipinski definition) is 20. The van der Waals surface area contributed by atoms with Crippen molar-refractivity contribution in [3.8, 4) is 51.7 Å². The molecular weight excluding hydrogens is 1560 g/mol. The number of halogens is 3. The van der Waals surface area contributed by atoms with Crippen LogP contribution in [0.5, 0.6) is 51.7 Å². The summed E-state index contributed by atoms with van der Waals surface area (Å²) in [6.45, 7) is 7.51. The van der Waals surface area contributed by atoms with Crippen LogP contribution in [0.15, 0.2) is 267 Å². The molecule has 3 radical (unpaired) electrons. The van der Waals surface area contributed by atoms with Crippen LogP contribution in [-0.2, 0) is 48.5 Å². The fourth-order valence-electron chi connectivity index (χ4n) is 12.6. The molecule has 9 atom stereocenters. The summed E-state index contributed by atoms with van der Waals surface area (Å²) in [5, 5.41) is 47.1. The number of rotatable bonds is 21. The van der Waals surface area contributed by atoms with E-state index in [9.17, 15) is 29.7 Å². The second kappa shape index (κ2) is 53.9. The molecule has 1 heterocycles. The molecule has 10 aromatic carbocycles. The Morgan fingerprint density at radius 1 is 0.444 bits per heavy atom. The first-order valence-corrected chi connectivity index (χ1v) is 39.5. The van der Waals surface area contributed by atoms with Gasteiger partial charge in [-0.3, -0.25) is 9.69 Å². The van der Waals surface area contributed by atoms with E-state index in [2.05, 4.69) is 80.7 Å². The van der Waals surface area contributed by atoms with Gasteiger partial charge in [-0.05, 0) is 203 Å². The van der Waals surface area contributed by atoms with E-state index in [1.807, 2.05) is 146 Å². The number of hydrogen-bond donors (Lipinski definition) is 5. The Labute approximate surface area is 725 Å². The topological polar surface area (TPSA) is 276 Å². The molecule has 14 rings (SSSR count). The number of nitrogens with one attached hydrogen (secondary N) is 1. The van der Waals surface area contributed by atoms with Crippen LogP contribution in [0, 0.1) is 0 Å². The molecule has 6 N–H and O–H groups in total. The fourth-order valence-corrected chi connectivity index (χ4v) is 13.0. The Bertz CT molecular complexity index is 4380. The van der Waals surface area contributed by atoms with Gasteiger partial charge in [-0.2, -0.15) is 0 Å². The third-order valence-corrected chi connectivity index (χ3v) is 19.0. The molecule has 3 saturated carbocycles. The van der Waals surface area contributed by atoms with E-state index in [4.69, 9.17) is 83.6 Å². The molecule has 25 heteroatoms. The first kappa shape index (κ1) is 96.6. The minimum Gasteiger partial charge on any atom is -0.550 e. The van der Waals surface area contributed by atoms with Gasteiger partial charge in [0.15, 0.2) is 34.5 Å². The van der Waals surface area contributed by atoms with Crippen molar-refractivity contribution in [2.24, 2.45) is 5.73 Å². The molecule has 10 aromatic rings. The van der Waals surface area contributed by atoms with Gasteiger partial charge >= 0.3 is 41.5 Å². The van der Waals surface area contributed by atoms with E-state index in [1.54, 1.807) is 60.7 Å². The van der Waals surface area contributed by atoms with Crippen LogP contribution in [0.1, 0.15) is 118 Å². The van der Waals surface area contributed by atoms with Gasteiger partial charge in [0.2, 0.25) is 0 Å². The predicted molar refractivity (Wildman–Crippen MR) is 450 cm³/mol. The number of aliphatic hydroxyl groups excluding tert-OH is 3. The van der Waals surface area contributed by atoms with Gasteiger partial charge in [-0.1, -0.05) is 193 Å². The van der Waals surface area contributed by atoms with Gasteiger partial charge < -0.3 is 69.4 Å². The van der Waals surface area contributed by atoms with Crippen molar-refractivity contribution in [2.75, 3.05) is 13.2 Å². The zero-order valence-electron chi connectivity index (χ0n) is 66.3.